The van der Waals surface area contributed by atoms with E-state index < -0.39 is 0 Å². The van der Waals surface area contributed by atoms with Gasteiger partial charge in [0.05, 0.1) is 11.4 Å². The van der Waals surface area contributed by atoms with Crippen molar-refractivity contribution in [3.05, 3.63) is 64.3 Å². The van der Waals surface area contributed by atoms with E-state index in [4.69, 9.17) is 16.1 Å². The standard InChI is InChI=1S/C19H16ClN5O/c1-11-7-9-14(10-8-11)18-21-19(26-23-18)17-13(3)25(24-22-17)16-6-4-5-15(20)12(16)2/h4-10H,1-3H3. The predicted octanol–water partition coefficient (Wildman–Crippen LogP) is 4.56. The van der Waals surface area contributed by atoms with Gasteiger partial charge in [0.2, 0.25) is 5.82 Å². The minimum atomic E-state index is 0.337. The van der Waals surface area contributed by atoms with Gasteiger partial charge >= 0.3 is 0 Å². The van der Waals surface area contributed by atoms with Crippen molar-refractivity contribution in [1.29, 1.82) is 0 Å². The van der Waals surface area contributed by atoms with Gasteiger partial charge in [-0.15, -0.1) is 5.10 Å². The van der Waals surface area contributed by atoms with Crippen LogP contribution in [0.3, 0.4) is 0 Å². The average molecular weight is 366 g/mol. The third-order valence-corrected chi connectivity index (χ3v) is 4.71. The van der Waals surface area contributed by atoms with E-state index in [1.54, 1.807) is 4.68 Å². The van der Waals surface area contributed by atoms with Crippen LogP contribution in [0.25, 0.3) is 28.7 Å². The van der Waals surface area contributed by atoms with E-state index in [9.17, 15) is 0 Å². The zero-order valence-corrected chi connectivity index (χ0v) is 15.3. The lowest BCUT2D eigenvalue weighted by molar-refractivity contribution is 0.430. The number of aromatic nitrogens is 5. The van der Waals surface area contributed by atoms with E-state index >= 15 is 0 Å². The molecule has 0 spiro atoms. The summed E-state index contributed by atoms with van der Waals surface area (Å²) in [4.78, 5) is 4.47. The molecule has 2 heterocycles. The molecule has 0 fully saturated rings. The molecule has 0 aliphatic carbocycles. The fourth-order valence-electron chi connectivity index (χ4n) is 2.72. The molecule has 4 aromatic rings. The van der Waals surface area contributed by atoms with Crippen LogP contribution in [0.5, 0.6) is 0 Å². The maximum absolute atomic E-state index is 6.22. The van der Waals surface area contributed by atoms with Gasteiger partial charge in [-0.3, -0.25) is 0 Å². The Morgan fingerprint density at radius 3 is 2.54 bits per heavy atom. The third-order valence-electron chi connectivity index (χ3n) is 4.30. The number of aryl methyl sites for hydroxylation is 1. The van der Waals surface area contributed by atoms with Gasteiger partial charge in [-0.2, -0.15) is 4.98 Å². The van der Waals surface area contributed by atoms with E-state index in [0.29, 0.717) is 22.4 Å². The highest BCUT2D eigenvalue weighted by Crippen LogP contribution is 2.27. The number of halogens is 1. The molecule has 0 bridgehead atoms. The summed E-state index contributed by atoms with van der Waals surface area (Å²) in [5.74, 6) is 0.858. The van der Waals surface area contributed by atoms with Crippen molar-refractivity contribution in [2.45, 2.75) is 20.8 Å². The molecule has 26 heavy (non-hydrogen) atoms. The molecule has 6 nitrogen and oxygen atoms in total. The van der Waals surface area contributed by atoms with Crippen molar-refractivity contribution in [1.82, 2.24) is 25.1 Å². The first-order chi connectivity index (χ1) is 12.5. The van der Waals surface area contributed by atoms with Gasteiger partial charge in [-0.05, 0) is 38.5 Å². The zero-order valence-electron chi connectivity index (χ0n) is 14.6. The number of rotatable bonds is 3. The summed E-state index contributed by atoms with van der Waals surface area (Å²) >= 11 is 6.22. The summed E-state index contributed by atoms with van der Waals surface area (Å²) in [7, 11) is 0. The molecular formula is C19H16ClN5O. The SMILES string of the molecule is Cc1ccc(-c2noc(-c3nnn(-c4cccc(Cl)c4C)c3C)n2)cc1. The number of benzene rings is 2. The van der Waals surface area contributed by atoms with Crippen molar-refractivity contribution in [2.75, 3.05) is 0 Å². The van der Waals surface area contributed by atoms with Crippen LogP contribution in [-0.2, 0) is 0 Å². The predicted molar refractivity (Wildman–Crippen MR) is 99.3 cm³/mol. The van der Waals surface area contributed by atoms with Crippen molar-refractivity contribution >= 4 is 11.6 Å². The fraction of sp³-hybridized carbons (Fsp3) is 0.158. The topological polar surface area (TPSA) is 69.6 Å². The third kappa shape index (κ3) is 2.78. The Bertz CT molecular complexity index is 1080. The Morgan fingerprint density at radius 1 is 1.00 bits per heavy atom. The maximum Gasteiger partial charge on any atom is 0.280 e. The van der Waals surface area contributed by atoms with E-state index in [0.717, 1.165) is 22.5 Å². The Labute approximate surface area is 155 Å². The molecular weight excluding hydrogens is 350 g/mol. The molecule has 0 N–H and O–H groups in total. The molecule has 0 amide bonds. The lowest BCUT2D eigenvalue weighted by Gasteiger charge is -2.08. The summed E-state index contributed by atoms with van der Waals surface area (Å²) < 4.78 is 7.14. The van der Waals surface area contributed by atoms with Gasteiger partial charge < -0.3 is 4.52 Å². The molecule has 0 aliphatic rings. The second kappa shape index (κ2) is 6.38. The normalized spacial score (nSPS) is 11.1. The quantitative estimate of drug-likeness (QED) is 0.532. The molecule has 0 saturated heterocycles. The zero-order chi connectivity index (χ0) is 18.3. The first kappa shape index (κ1) is 16.5. The van der Waals surface area contributed by atoms with Gasteiger partial charge in [0.15, 0.2) is 5.69 Å². The van der Waals surface area contributed by atoms with E-state index in [2.05, 4.69) is 20.5 Å². The fourth-order valence-corrected chi connectivity index (χ4v) is 2.89. The minimum Gasteiger partial charge on any atom is -0.332 e. The van der Waals surface area contributed by atoms with E-state index in [1.807, 2.05) is 63.2 Å². The van der Waals surface area contributed by atoms with Crippen LogP contribution < -0.4 is 0 Å². The molecule has 0 saturated carbocycles. The molecule has 0 aliphatic heterocycles. The first-order valence-electron chi connectivity index (χ1n) is 8.13. The van der Waals surface area contributed by atoms with Crippen LogP contribution >= 0.6 is 11.6 Å². The van der Waals surface area contributed by atoms with Crippen LogP contribution in [0.15, 0.2) is 47.0 Å². The highest BCUT2D eigenvalue weighted by Gasteiger charge is 2.19. The van der Waals surface area contributed by atoms with Crippen molar-refractivity contribution < 1.29 is 4.52 Å². The van der Waals surface area contributed by atoms with Crippen molar-refractivity contribution in [3.8, 4) is 28.7 Å². The molecule has 2 aromatic heterocycles. The Hall–Kier alpha value is -2.99. The Balaban J connectivity index is 1.73. The van der Waals surface area contributed by atoms with Crippen LogP contribution in [-0.4, -0.2) is 25.1 Å². The van der Waals surface area contributed by atoms with Crippen LogP contribution in [0.1, 0.15) is 16.8 Å². The summed E-state index contributed by atoms with van der Waals surface area (Å²) in [6, 6.07) is 13.6. The summed E-state index contributed by atoms with van der Waals surface area (Å²) in [5, 5.41) is 13.2. The summed E-state index contributed by atoms with van der Waals surface area (Å²) in [5.41, 5.74) is 5.21. The van der Waals surface area contributed by atoms with Crippen LogP contribution in [0.2, 0.25) is 5.02 Å². The average Bonchev–Trinajstić information content (AvgIpc) is 3.25. The largest absolute Gasteiger partial charge is 0.332 e. The van der Waals surface area contributed by atoms with Gasteiger partial charge in [0, 0.05) is 10.6 Å². The molecule has 4 rings (SSSR count). The molecule has 130 valence electrons. The molecule has 0 atom stereocenters. The van der Waals surface area contributed by atoms with Crippen molar-refractivity contribution in [2.24, 2.45) is 0 Å². The molecule has 0 unspecified atom stereocenters. The lowest BCUT2D eigenvalue weighted by atomic mass is 10.1. The minimum absolute atomic E-state index is 0.337. The smallest absolute Gasteiger partial charge is 0.280 e. The van der Waals surface area contributed by atoms with Gasteiger partial charge in [0.25, 0.3) is 5.89 Å². The monoisotopic (exact) mass is 365 g/mol. The molecule has 0 radical (unpaired) electrons. The second-order valence-corrected chi connectivity index (χ2v) is 6.52. The van der Waals surface area contributed by atoms with E-state index in [1.165, 1.54) is 5.56 Å². The molecule has 7 heteroatoms. The maximum atomic E-state index is 6.22. The van der Waals surface area contributed by atoms with Crippen molar-refractivity contribution in [3.63, 3.8) is 0 Å². The highest BCUT2D eigenvalue weighted by molar-refractivity contribution is 6.31. The van der Waals surface area contributed by atoms with Gasteiger partial charge in [0.1, 0.15) is 0 Å². The van der Waals surface area contributed by atoms with Gasteiger partial charge in [-0.1, -0.05) is 57.9 Å². The first-order valence-corrected chi connectivity index (χ1v) is 8.51. The number of nitrogens with zero attached hydrogens (tertiary/aromatic N) is 5. The summed E-state index contributed by atoms with van der Waals surface area (Å²) in [6.07, 6.45) is 0. The number of hydrogen-bond donors (Lipinski definition) is 0. The lowest BCUT2D eigenvalue weighted by Crippen LogP contribution is -2.01. The van der Waals surface area contributed by atoms with Crippen LogP contribution in [0.4, 0.5) is 0 Å². The summed E-state index contributed by atoms with van der Waals surface area (Å²) in [6.45, 7) is 5.89. The highest BCUT2D eigenvalue weighted by atomic mass is 35.5. The Kier molecular flexibility index (Phi) is 4.05. The molecule has 2 aromatic carbocycles. The van der Waals surface area contributed by atoms with Crippen LogP contribution in [0, 0.1) is 20.8 Å². The van der Waals surface area contributed by atoms with Gasteiger partial charge in [-0.25, -0.2) is 4.68 Å². The second-order valence-electron chi connectivity index (χ2n) is 6.11. The Morgan fingerprint density at radius 2 is 1.77 bits per heavy atom. The number of hydrogen-bond acceptors (Lipinski definition) is 5. The van der Waals surface area contributed by atoms with E-state index in [-0.39, 0.29) is 0 Å².